The van der Waals surface area contributed by atoms with Crippen LogP contribution in [0.4, 0.5) is 14.5 Å². The van der Waals surface area contributed by atoms with Crippen molar-refractivity contribution in [2.24, 2.45) is 0 Å². The van der Waals surface area contributed by atoms with Crippen LogP contribution in [-0.2, 0) is 6.54 Å². The van der Waals surface area contributed by atoms with Crippen LogP contribution in [0.15, 0.2) is 60.9 Å². The van der Waals surface area contributed by atoms with Crippen LogP contribution in [0.2, 0.25) is 0 Å². The second-order valence-electron chi connectivity index (χ2n) is 5.53. The molecule has 1 aromatic carbocycles. The molecule has 3 aromatic rings. The van der Waals surface area contributed by atoms with Crippen LogP contribution >= 0.6 is 0 Å². The second-order valence-corrected chi connectivity index (χ2v) is 5.53. The van der Waals surface area contributed by atoms with Gasteiger partial charge in [0.25, 0.3) is 11.8 Å². The fraction of sp³-hybridized carbons (Fsp3) is 0.0526. The highest BCUT2D eigenvalue weighted by Gasteiger charge is 2.14. The van der Waals surface area contributed by atoms with Gasteiger partial charge >= 0.3 is 0 Å². The van der Waals surface area contributed by atoms with Gasteiger partial charge in [-0.1, -0.05) is 12.1 Å². The van der Waals surface area contributed by atoms with Crippen LogP contribution in [0.1, 0.15) is 26.5 Å². The maximum Gasteiger partial charge on any atom is 0.274 e. The van der Waals surface area contributed by atoms with Gasteiger partial charge in [0, 0.05) is 25.0 Å². The molecule has 2 amide bonds. The van der Waals surface area contributed by atoms with Gasteiger partial charge in [-0.15, -0.1) is 0 Å². The summed E-state index contributed by atoms with van der Waals surface area (Å²) >= 11 is 0. The van der Waals surface area contributed by atoms with Crippen LogP contribution in [-0.4, -0.2) is 21.8 Å². The molecule has 3 rings (SSSR count). The Morgan fingerprint density at radius 3 is 2.44 bits per heavy atom. The lowest BCUT2D eigenvalue weighted by Crippen LogP contribution is -2.25. The highest BCUT2D eigenvalue weighted by Crippen LogP contribution is 2.16. The van der Waals surface area contributed by atoms with E-state index in [0.717, 1.165) is 17.7 Å². The van der Waals surface area contributed by atoms with E-state index in [2.05, 4.69) is 20.6 Å². The summed E-state index contributed by atoms with van der Waals surface area (Å²) in [5.74, 6) is -2.85. The van der Waals surface area contributed by atoms with Crippen LogP contribution in [0.3, 0.4) is 0 Å². The fourth-order valence-electron chi connectivity index (χ4n) is 2.24. The molecule has 0 unspecified atom stereocenters. The first-order chi connectivity index (χ1) is 13.0. The first kappa shape index (κ1) is 18.1. The molecule has 0 aliphatic carbocycles. The van der Waals surface area contributed by atoms with Crippen molar-refractivity contribution in [3.8, 4) is 0 Å². The average molecular weight is 368 g/mol. The number of aromatic nitrogens is 2. The highest BCUT2D eigenvalue weighted by atomic mass is 19.1. The number of anilines is 1. The molecule has 0 fully saturated rings. The minimum Gasteiger partial charge on any atom is -0.347 e. The number of amides is 2. The van der Waals surface area contributed by atoms with Crippen LogP contribution in [0.5, 0.6) is 0 Å². The number of carbonyl (C=O) groups excluding carboxylic acids is 2. The van der Waals surface area contributed by atoms with E-state index < -0.39 is 23.4 Å². The van der Waals surface area contributed by atoms with E-state index in [0.29, 0.717) is 6.07 Å². The summed E-state index contributed by atoms with van der Waals surface area (Å²) in [4.78, 5) is 32.4. The number of nitrogens with one attached hydrogen (secondary N) is 2. The molecule has 0 radical (unpaired) electrons. The molecule has 6 nitrogen and oxygen atoms in total. The number of hydrogen-bond donors (Lipinski definition) is 2. The van der Waals surface area contributed by atoms with Crippen molar-refractivity contribution in [1.29, 1.82) is 0 Å². The van der Waals surface area contributed by atoms with Crippen molar-refractivity contribution < 1.29 is 18.4 Å². The van der Waals surface area contributed by atoms with Crippen LogP contribution in [0.25, 0.3) is 0 Å². The van der Waals surface area contributed by atoms with Gasteiger partial charge in [0.2, 0.25) is 0 Å². The summed E-state index contributed by atoms with van der Waals surface area (Å²) in [5, 5.41) is 4.97. The van der Waals surface area contributed by atoms with E-state index in [4.69, 9.17) is 0 Å². The Hall–Kier alpha value is -3.68. The lowest BCUT2D eigenvalue weighted by atomic mass is 10.2. The van der Waals surface area contributed by atoms with Crippen molar-refractivity contribution in [3.63, 3.8) is 0 Å². The highest BCUT2D eigenvalue weighted by molar-refractivity contribution is 6.03. The normalized spacial score (nSPS) is 10.3. The molecule has 0 aliphatic heterocycles. The number of halogens is 2. The quantitative estimate of drug-likeness (QED) is 0.725. The summed E-state index contributed by atoms with van der Waals surface area (Å²) in [6.07, 6.45) is 3.24. The molecule has 0 spiro atoms. The van der Waals surface area contributed by atoms with Crippen molar-refractivity contribution in [1.82, 2.24) is 15.3 Å². The Balaban J connectivity index is 1.68. The molecule has 0 aliphatic rings. The van der Waals surface area contributed by atoms with E-state index in [1.807, 2.05) is 6.07 Å². The number of rotatable bonds is 5. The van der Waals surface area contributed by atoms with E-state index in [1.165, 1.54) is 18.2 Å². The zero-order chi connectivity index (χ0) is 19.2. The number of carbonyl (C=O) groups is 2. The average Bonchev–Trinajstić information content (AvgIpc) is 2.69. The fourth-order valence-corrected chi connectivity index (χ4v) is 2.24. The summed E-state index contributed by atoms with van der Waals surface area (Å²) in [7, 11) is 0. The van der Waals surface area contributed by atoms with Crippen molar-refractivity contribution in [3.05, 3.63) is 89.5 Å². The van der Waals surface area contributed by atoms with Gasteiger partial charge in [0.1, 0.15) is 23.0 Å². The summed E-state index contributed by atoms with van der Waals surface area (Å²) in [6, 6.07) is 10.7. The molecule has 0 saturated carbocycles. The van der Waals surface area contributed by atoms with E-state index in [-0.39, 0.29) is 23.6 Å². The molecule has 0 bridgehead atoms. The number of nitrogens with zero attached hydrogens (tertiary/aromatic N) is 2. The molecule has 136 valence electrons. The zero-order valence-corrected chi connectivity index (χ0v) is 13.9. The lowest BCUT2D eigenvalue weighted by Gasteiger charge is -2.08. The maximum absolute atomic E-state index is 13.7. The number of benzene rings is 1. The minimum absolute atomic E-state index is 0.0334. The molecule has 8 heteroatoms. The Bertz CT molecular complexity index is 980. The first-order valence-corrected chi connectivity index (χ1v) is 7.93. The predicted octanol–water partition coefficient (Wildman–Crippen LogP) is 2.94. The number of pyridine rings is 2. The van der Waals surface area contributed by atoms with Gasteiger partial charge in [0.05, 0.1) is 5.69 Å². The third-order valence-electron chi connectivity index (χ3n) is 3.57. The third kappa shape index (κ3) is 4.69. The monoisotopic (exact) mass is 368 g/mol. The Morgan fingerprint density at radius 1 is 0.963 bits per heavy atom. The van der Waals surface area contributed by atoms with Gasteiger partial charge in [-0.3, -0.25) is 14.6 Å². The SMILES string of the molecule is O=C(NCc1cccnc1)c1cccc(C(=O)Nc2ccc(F)cc2F)n1. The number of hydrogen-bond acceptors (Lipinski definition) is 4. The van der Waals surface area contributed by atoms with Crippen molar-refractivity contribution in [2.45, 2.75) is 6.54 Å². The van der Waals surface area contributed by atoms with E-state index in [1.54, 1.807) is 18.5 Å². The van der Waals surface area contributed by atoms with Gasteiger partial charge in [-0.25, -0.2) is 13.8 Å². The molecular weight excluding hydrogens is 354 g/mol. The topological polar surface area (TPSA) is 84.0 Å². The molecule has 2 aromatic heterocycles. The van der Waals surface area contributed by atoms with Crippen molar-refractivity contribution >= 4 is 17.5 Å². The molecule has 0 saturated heterocycles. The first-order valence-electron chi connectivity index (χ1n) is 7.93. The summed E-state index contributed by atoms with van der Waals surface area (Å²) in [5.41, 5.74) is 0.583. The Labute approximate surface area is 153 Å². The summed E-state index contributed by atoms with van der Waals surface area (Å²) in [6.45, 7) is 0.256. The van der Waals surface area contributed by atoms with Crippen LogP contribution in [0, 0.1) is 11.6 Å². The molecule has 0 atom stereocenters. The summed E-state index contributed by atoms with van der Waals surface area (Å²) < 4.78 is 26.6. The smallest absolute Gasteiger partial charge is 0.274 e. The van der Waals surface area contributed by atoms with Gasteiger partial charge in [0.15, 0.2) is 0 Å². The molecule has 2 heterocycles. The molecule has 27 heavy (non-hydrogen) atoms. The standard InChI is InChI=1S/C19H14F2N4O2/c20-13-6-7-15(14(21)9-13)25-19(27)17-5-1-4-16(24-17)18(26)23-11-12-3-2-8-22-10-12/h1-10H,11H2,(H,23,26)(H,25,27). The van der Waals surface area contributed by atoms with Crippen molar-refractivity contribution in [2.75, 3.05) is 5.32 Å². The Kier molecular flexibility index (Phi) is 5.46. The lowest BCUT2D eigenvalue weighted by molar-refractivity contribution is 0.0945. The predicted molar refractivity (Wildman–Crippen MR) is 94.0 cm³/mol. The second kappa shape index (κ2) is 8.13. The largest absolute Gasteiger partial charge is 0.347 e. The van der Waals surface area contributed by atoms with E-state index >= 15 is 0 Å². The molecule has 2 N–H and O–H groups in total. The third-order valence-corrected chi connectivity index (χ3v) is 3.57. The van der Waals surface area contributed by atoms with Gasteiger partial charge in [-0.2, -0.15) is 0 Å². The minimum atomic E-state index is -0.909. The molecular formula is C19H14F2N4O2. The van der Waals surface area contributed by atoms with Crippen LogP contribution < -0.4 is 10.6 Å². The van der Waals surface area contributed by atoms with Gasteiger partial charge < -0.3 is 10.6 Å². The Morgan fingerprint density at radius 2 is 1.74 bits per heavy atom. The van der Waals surface area contributed by atoms with E-state index in [9.17, 15) is 18.4 Å². The van der Waals surface area contributed by atoms with Gasteiger partial charge in [-0.05, 0) is 35.9 Å². The maximum atomic E-state index is 13.7. The zero-order valence-electron chi connectivity index (χ0n) is 13.9.